The summed E-state index contributed by atoms with van der Waals surface area (Å²) in [5.74, 6) is -1.85. The predicted molar refractivity (Wildman–Crippen MR) is 109 cm³/mol. The summed E-state index contributed by atoms with van der Waals surface area (Å²) in [4.78, 5) is 13.9. The molecule has 0 aromatic heterocycles. The van der Waals surface area contributed by atoms with Crippen LogP contribution in [0.5, 0.6) is 5.75 Å². The number of halogens is 2. The molecule has 31 heavy (non-hydrogen) atoms. The van der Waals surface area contributed by atoms with Crippen molar-refractivity contribution in [3.8, 4) is 5.75 Å². The standard InChI is InChI=1S/C21H24F2N2O5S/c1-2-29-13-14-30-19-6-4-3-5-17(19)21(26)24-9-11-25(12-10-24)31(27,28)20-8-7-16(22)15-18(20)23/h3-8,15H,2,9-14H2,1H3. The first-order valence-electron chi connectivity index (χ1n) is 9.88. The minimum Gasteiger partial charge on any atom is -0.490 e. The largest absolute Gasteiger partial charge is 0.490 e. The molecule has 168 valence electrons. The maximum Gasteiger partial charge on any atom is 0.257 e. The highest BCUT2D eigenvalue weighted by Crippen LogP contribution is 2.24. The topological polar surface area (TPSA) is 76.2 Å². The van der Waals surface area contributed by atoms with Crippen LogP contribution in [0.25, 0.3) is 0 Å². The Hall–Kier alpha value is -2.56. The third kappa shape index (κ3) is 5.38. The number of para-hydroxylation sites is 1. The van der Waals surface area contributed by atoms with Gasteiger partial charge in [-0.2, -0.15) is 4.31 Å². The van der Waals surface area contributed by atoms with E-state index in [9.17, 15) is 22.0 Å². The van der Waals surface area contributed by atoms with Gasteiger partial charge in [-0.25, -0.2) is 17.2 Å². The van der Waals surface area contributed by atoms with Crippen molar-refractivity contribution in [2.45, 2.75) is 11.8 Å². The van der Waals surface area contributed by atoms with Gasteiger partial charge < -0.3 is 14.4 Å². The average molecular weight is 454 g/mol. The molecule has 0 N–H and O–H groups in total. The molecule has 7 nitrogen and oxygen atoms in total. The van der Waals surface area contributed by atoms with Crippen molar-refractivity contribution in [2.24, 2.45) is 0 Å². The lowest BCUT2D eigenvalue weighted by Crippen LogP contribution is -2.50. The number of rotatable bonds is 8. The number of carbonyl (C=O) groups excluding carboxylic acids is 1. The zero-order valence-corrected chi connectivity index (χ0v) is 17.9. The van der Waals surface area contributed by atoms with Crippen LogP contribution in [0.15, 0.2) is 47.4 Å². The predicted octanol–water partition coefficient (Wildman–Crippen LogP) is 2.53. The first-order valence-corrected chi connectivity index (χ1v) is 11.3. The second-order valence-electron chi connectivity index (χ2n) is 6.81. The lowest BCUT2D eigenvalue weighted by atomic mass is 10.1. The van der Waals surface area contributed by atoms with E-state index in [-0.39, 0.29) is 32.1 Å². The molecule has 0 aliphatic carbocycles. The van der Waals surface area contributed by atoms with E-state index in [0.29, 0.717) is 37.2 Å². The Balaban J connectivity index is 1.66. The Bertz CT molecular complexity index is 1020. The van der Waals surface area contributed by atoms with E-state index in [1.54, 1.807) is 24.3 Å². The third-order valence-electron chi connectivity index (χ3n) is 4.84. The van der Waals surface area contributed by atoms with Gasteiger partial charge in [-0.1, -0.05) is 12.1 Å². The van der Waals surface area contributed by atoms with Crippen LogP contribution in [-0.4, -0.2) is 69.5 Å². The molecule has 2 aromatic rings. The molecule has 0 spiro atoms. The van der Waals surface area contributed by atoms with Gasteiger partial charge in [0.2, 0.25) is 10.0 Å². The Kier molecular flexibility index (Phi) is 7.58. The highest BCUT2D eigenvalue weighted by Gasteiger charge is 2.32. The smallest absolute Gasteiger partial charge is 0.257 e. The number of amides is 1. The summed E-state index contributed by atoms with van der Waals surface area (Å²) in [5, 5.41) is 0. The van der Waals surface area contributed by atoms with Gasteiger partial charge in [0.1, 0.15) is 28.9 Å². The zero-order valence-electron chi connectivity index (χ0n) is 17.1. The number of ether oxygens (including phenoxy) is 2. The van der Waals surface area contributed by atoms with Crippen LogP contribution in [0, 0.1) is 11.6 Å². The molecule has 3 rings (SSSR count). The van der Waals surface area contributed by atoms with E-state index in [1.807, 2.05) is 6.92 Å². The van der Waals surface area contributed by atoms with Crippen molar-refractivity contribution in [3.63, 3.8) is 0 Å². The second kappa shape index (κ2) is 10.2. The number of benzene rings is 2. The second-order valence-corrected chi connectivity index (χ2v) is 8.72. The molecule has 0 unspecified atom stereocenters. The quantitative estimate of drug-likeness (QED) is 0.573. The Morgan fingerprint density at radius 1 is 1.03 bits per heavy atom. The third-order valence-corrected chi connectivity index (χ3v) is 6.78. The monoisotopic (exact) mass is 454 g/mol. The molecule has 0 bridgehead atoms. The summed E-state index contributed by atoms with van der Waals surface area (Å²) in [5.41, 5.74) is 0.375. The number of carbonyl (C=O) groups is 1. The summed E-state index contributed by atoms with van der Waals surface area (Å²) < 4.78 is 64.5. The molecule has 10 heteroatoms. The van der Waals surface area contributed by atoms with Crippen LogP contribution in [0.4, 0.5) is 8.78 Å². The first kappa shape index (κ1) is 23.1. The average Bonchev–Trinajstić information content (AvgIpc) is 2.76. The van der Waals surface area contributed by atoms with Crippen molar-refractivity contribution in [2.75, 3.05) is 46.0 Å². The maximum atomic E-state index is 14.0. The fourth-order valence-corrected chi connectivity index (χ4v) is 4.72. The molecule has 0 atom stereocenters. The number of piperazine rings is 1. The van der Waals surface area contributed by atoms with Crippen molar-refractivity contribution in [1.82, 2.24) is 9.21 Å². The molecule has 1 aliphatic rings. The Morgan fingerprint density at radius 2 is 1.74 bits per heavy atom. The summed E-state index contributed by atoms with van der Waals surface area (Å²) in [6.45, 7) is 3.41. The molecular formula is C21H24F2N2O5S. The van der Waals surface area contributed by atoms with E-state index in [2.05, 4.69) is 0 Å². The highest BCUT2D eigenvalue weighted by atomic mass is 32.2. The zero-order chi connectivity index (χ0) is 22.4. The van der Waals surface area contributed by atoms with Crippen LogP contribution >= 0.6 is 0 Å². The molecule has 1 amide bonds. The molecule has 1 fully saturated rings. The summed E-state index contributed by atoms with van der Waals surface area (Å²) in [6.07, 6.45) is 0. The summed E-state index contributed by atoms with van der Waals surface area (Å²) >= 11 is 0. The van der Waals surface area contributed by atoms with Gasteiger partial charge in [0.05, 0.1) is 12.2 Å². The molecular weight excluding hydrogens is 430 g/mol. The summed E-state index contributed by atoms with van der Waals surface area (Å²) in [6, 6.07) is 9.17. The number of hydrogen-bond donors (Lipinski definition) is 0. The fraction of sp³-hybridized carbons (Fsp3) is 0.381. The van der Waals surface area contributed by atoms with Gasteiger partial charge in [-0.05, 0) is 31.2 Å². The van der Waals surface area contributed by atoms with Crippen molar-refractivity contribution >= 4 is 15.9 Å². The normalized spacial score (nSPS) is 15.1. The lowest BCUT2D eigenvalue weighted by molar-refractivity contribution is 0.0688. The minimum absolute atomic E-state index is 0.00173. The van der Waals surface area contributed by atoms with E-state index in [0.717, 1.165) is 16.4 Å². The van der Waals surface area contributed by atoms with E-state index >= 15 is 0 Å². The van der Waals surface area contributed by atoms with E-state index < -0.39 is 26.6 Å². The highest BCUT2D eigenvalue weighted by molar-refractivity contribution is 7.89. The Labute approximate surface area is 180 Å². The molecule has 2 aromatic carbocycles. The number of sulfonamides is 1. The maximum absolute atomic E-state index is 14.0. The van der Waals surface area contributed by atoms with Gasteiger partial charge in [-0.3, -0.25) is 4.79 Å². The van der Waals surface area contributed by atoms with Gasteiger partial charge in [0, 0.05) is 38.9 Å². The molecule has 0 radical (unpaired) electrons. The van der Waals surface area contributed by atoms with E-state index in [4.69, 9.17) is 9.47 Å². The van der Waals surface area contributed by atoms with Gasteiger partial charge in [-0.15, -0.1) is 0 Å². The first-order chi connectivity index (χ1) is 14.8. The van der Waals surface area contributed by atoms with Crippen molar-refractivity contribution in [1.29, 1.82) is 0 Å². The fourth-order valence-electron chi connectivity index (χ4n) is 3.25. The Morgan fingerprint density at radius 3 is 2.42 bits per heavy atom. The van der Waals surface area contributed by atoms with Crippen LogP contribution in [0.1, 0.15) is 17.3 Å². The van der Waals surface area contributed by atoms with Crippen LogP contribution in [0.2, 0.25) is 0 Å². The van der Waals surface area contributed by atoms with Gasteiger partial charge in [0.25, 0.3) is 5.91 Å². The number of nitrogens with zero attached hydrogens (tertiary/aromatic N) is 2. The van der Waals surface area contributed by atoms with Crippen LogP contribution in [-0.2, 0) is 14.8 Å². The number of hydrogen-bond acceptors (Lipinski definition) is 5. The minimum atomic E-state index is -4.13. The lowest BCUT2D eigenvalue weighted by Gasteiger charge is -2.34. The molecule has 0 saturated carbocycles. The van der Waals surface area contributed by atoms with Crippen LogP contribution < -0.4 is 4.74 Å². The van der Waals surface area contributed by atoms with Crippen LogP contribution in [0.3, 0.4) is 0 Å². The molecule has 1 saturated heterocycles. The van der Waals surface area contributed by atoms with Gasteiger partial charge >= 0.3 is 0 Å². The SMILES string of the molecule is CCOCCOc1ccccc1C(=O)N1CCN(S(=O)(=O)c2ccc(F)cc2F)CC1. The van der Waals surface area contributed by atoms with E-state index in [1.165, 1.54) is 4.90 Å². The van der Waals surface area contributed by atoms with Gasteiger partial charge in [0.15, 0.2) is 0 Å². The molecule has 1 heterocycles. The summed E-state index contributed by atoms with van der Waals surface area (Å²) in [7, 11) is -4.13. The van der Waals surface area contributed by atoms with Crippen molar-refractivity contribution in [3.05, 3.63) is 59.7 Å². The molecule has 1 aliphatic heterocycles. The van der Waals surface area contributed by atoms with Crippen molar-refractivity contribution < 1.29 is 31.5 Å².